The summed E-state index contributed by atoms with van der Waals surface area (Å²) >= 11 is 0.698. The molecule has 0 saturated carbocycles. The number of rotatable bonds is 2. The van der Waals surface area contributed by atoms with E-state index in [1.807, 2.05) is 0 Å². The van der Waals surface area contributed by atoms with Gasteiger partial charge in [-0.25, -0.2) is 0 Å². The quantitative estimate of drug-likeness (QED) is 0.562. The van der Waals surface area contributed by atoms with E-state index in [9.17, 15) is 4.91 Å². The molecule has 0 spiro atoms. The molecule has 5 heteroatoms. The van der Waals surface area contributed by atoms with Gasteiger partial charge in [-0.2, -0.15) is 0 Å². The van der Waals surface area contributed by atoms with Crippen molar-refractivity contribution in [2.45, 2.75) is 18.7 Å². The maximum absolute atomic E-state index is 9.67. The fourth-order valence-electron chi connectivity index (χ4n) is 0.0186. The monoisotopic (exact) mass is 357 g/mol. The third kappa shape index (κ3) is 5.11. The number of hydrogen-bond acceptors (Lipinski definition) is 3. The number of hydrogen-bond donors (Lipinski definition) is 0. The van der Waals surface area contributed by atoms with Crippen molar-refractivity contribution in [3.8, 4) is 0 Å². The van der Waals surface area contributed by atoms with Crippen molar-refractivity contribution in [2.75, 3.05) is 0 Å². The summed E-state index contributed by atoms with van der Waals surface area (Å²) in [5.74, 6) is 0. The van der Waals surface area contributed by atoms with E-state index in [1.54, 1.807) is 13.8 Å². The Morgan fingerprint density at radius 1 is 1.62 bits per heavy atom. The van der Waals surface area contributed by atoms with Crippen LogP contribution in [0.5, 0.6) is 0 Å². The van der Waals surface area contributed by atoms with Crippen LogP contribution in [0.15, 0.2) is 5.18 Å². The smallest absolute Gasteiger partial charge is 0.124 e. The molecule has 0 aromatic heterocycles. The molecule has 8 heavy (non-hydrogen) atoms. The zero-order valence-corrected chi connectivity index (χ0v) is 9.74. The molecule has 1 N–H and O–H groups in total. The maximum atomic E-state index is 9.67. The van der Waals surface area contributed by atoms with Gasteiger partial charge < -0.3 is 5.14 Å². The van der Waals surface area contributed by atoms with Gasteiger partial charge in [0, 0.05) is 31.1 Å². The number of nitroso groups, excluding NO2 is 1. The summed E-state index contributed by atoms with van der Waals surface area (Å²) in [6, 6.07) is 0. The van der Waals surface area contributed by atoms with Crippen molar-refractivity contribution in [2.24, 2.45) is 5.18 Å². The van der Waals surface area contributed by atoms with Crippen LogP contribution < -0.4 is 0 Å². The zero-order valence-electron chi connectivity index (χ0n) is 4.76. The second-order valence-electron chi connectivity index (χ2n) is 1.64. The summed E-state index contributed by atoms with van der Waals surface area (Å²) < 4.78 is 0. The standard InChI is InChI=1S/C3H7N2OS.U/c1-3(2,5-6)7-4;/h4H,1-2H3;/q-1;. The molecule has 0 aliphatic heterocycles. The molecule has 0 heterocycles. The molecule has 0 saturated heterocycles. The molecule has 0 fully saturated rings. The van der Waals surface area contributed by atoms with Crippen LogP contribution in [0, 0.1) is 36.0 Å². The van der Waals surface area contributed by atoms with E-state index in [2.05, 4.69) is 5.18 Å². The topological polar surface area (TPSA) is 53.2 Å². The van der Waals surface area contributed by atoms with E-state index in [0.29, 0.717) is 11.9 Å². The average molecular weight is 357 g/mol. The van der Waals surface area contributed by atoms with Gasteiger partial charge >= 0.3 is 0 Å². The third-order valence-electron chi connectivity index (χ3n) is 0.470. The van der Waals surface area contributed by atoms with E-state index in [-0.39, 0.29) is 31.1 Å². The number of nitrogens with zero attached hydrogens (tertiary/aromatic N) is 1. The van der Waals surface area contributed by atoms with Crippen LogP contribution in [-0.4, -0.2) is 4.87 Å². The van der Waals surface area contributed by atoms with Crippen molar-refractivity contribution < 1.29 is 31.1 Å². The van der Waals surface area contributed by atoms with Crippen molar-refractivity contribution >= 4 is 11.9 Å². The first-order chi connectivity index (χ1) is 3.12. The molecule has 46 valence electrons. The third-order valence-corrected chi connectivity index (χ3v) is 1.04. The first kappa shape index (κ1) is 11.7. The van der Waals surface area contributed by atoms with Crippen molar-refractivity contribution in [3.05, 3.63) is 10.0 Å². The van der Waals surface area contributed by atoms with Crippen LogP contribution in [0.4, 0.5) is 0 Å². The Labute approximate surface area is 76.6 Å². The molecule has 0 bridgehead atoms. The van der Waals surface area contributed by atoms with Crippen molar-refractivity contribution in [1.82, 2.24) is 0 Å². The molecule has 0 aromatic carbocycles. The SMILES string of the molecule is CC(C)(N=O)S[NH-].[U]. The minimum Gasteiger partial charge on any atom is -0.619 e. The largest absolute Gasteiger partial charge is 0.619 e. The summed E-state index contributed by atoms with van der Waals surface area (Å²) in [6.07, 6.45) is 0. The Bertz CT molecular complexity index is 77.7. The van der Waals surface area contributed by atoms with E-state index in [1.165, 1.54) is 0 Å². The predicted molar refractivity (Wildman–Crippen MR) is 31.8 cm³/mol. The van der Waals surface area contributed by atoms with Gasteiger partial charge in [0.25, 0.3) is 0 Å². The summed E-state index contributed by atoms with van der Waals surface area (Å²) in [6.45, 7) is 3.19. The minimum atomic E-state index is -0.764. The Balaban J connectivity index is 0. The normalized spacial score (nSPS) is 9.88. The Hall–Kier alpha value is 0.962. The zero-order chi connectivity index (χ0) is 5.91. The van der Waals surface area contributed by atoms with Gasteiger partial charge in [0.2, 0.25) is 0 Å². The average Bonchev–Trinajstić information content (AvgIpc) is 1.68. The van der Waals surface area contributed by atoms with Crippen LogP contribution in [0.25, 0.3) is 5.14 Å². The van der Waals surface area contributed by atoms with Crippen molar-refractivity contribution in [3.63, 3.8) is 0 Å². The van der Waals surface area contributed by atoms with Gasteiger partial charge in [0.1, 0.15) is 4.87 Å². The summed E-state index contributed by atoms with van der Waals surface area (Å²) in [4.78, 5) is 8.90. The molecule has 0 aliphatic carbocycles. The van der Waals surface area contributed by atoms with Crippen molar-refractivity contribution in [1.29, 1.82) is 0 Å². The van der Waals surface area contributed by atoms with Crippen LogP contribution in [-0.2, 0) is 0 Å². The van der Waals surface area contributed by atoms with Crippen LogP contribution in [0.2, 0.25) is 0 Å². The van der Waals surface area contributed by atoms with Gasteiger partial charge in [0.15, 0.2) is 0 Å². The Morgan fingerprint density at radius 2 is 2.00 bits per heavy atom. The van der Waals surface area contributed by atoms with Crippen LogP contribution in [0.1, 0.15) is 13.8 Å². The van der Waals surface area contributed by atoms with E-state index < -0.39 is 4.87 Å². The Morgan fingerprint density at radius 3 is 2.00 bits per heavy atom. The molecule has 3 nitrogen and oxygen atoms in total. The van der Waals surface area contributed by atoms with E-state index in [4.69, 9.17) is 5.14 Å². The van der Waals surface area contributed by atoms with Gasteiger partial charge in [-0.15, -0.1) is 4.91 Å². The number of nitrogens with one attached hydrogen (secondary N) is 1. The molecular weight excluding hydrogens is 350 g/mol. The maximum Gasteiger partial charge on any atom is 0.124 e. The van der Waals surface area contributed by atoms with Crippen LogP contribution in [0.3, 0.4) is 0 Å². The minimum absolute atomic E-state index is 0. The molecule has 0 atom stereocenters. The van der Waals surface area contributed by atoms with Gasteiger partial charge in [-0.1, -0.05) is 5.18 Å². The summed E-state index contributed by atoms with van der Waals surface area (Å²) in [7, 11) is 0. The fraction of sp³-hybridized carbons (Fsp3) is 1.00. The van der Waals surface area contributed by atoms with Gasteiger partial charge in [-0.05, 0) is 13.8 Å². The summed E-state index contributed by atoms with van der Waals surface area (Å²) in [5, 5.41) is 9.29. The molecule has 0 aromatic rings. The molecule has 0 unspecified atom stereocenters. The Kier molecular flexibility index (Phi) is 7.04. The fourth-order valence-corrected chi connectivity index (χ4v) is 0.0559. The van der Waals surface area contributed by atoms with Gasteiger partial charge in [0.05, 0.1) is 0 Å². The second-order valence-corrected chi connectivity index (χ2v) is 2.84. The first-order valence-electron chi connectivity index (χ1n) is 1.81. The molecular formula is C3H7N2OSU-. The molecule has 0 amide bonds. The van der Waals surface area contributed by atoms with Gasteiger partial charge in [-0.3, -0.25) is 11.9 Å². The van der Waals surface area contributed by atoms with E-state index >= 15 is 0 Å². The van der Waals surface area contributed by atoms with E-state index in [0.717, 1.165) is 0 Å². The second kappa shape index (κ2) is 4.80. The first-order valence-corrected chi connectivity index (χ1v) is 2.63. The molecule has 0 radical (unpaired) electrons. The molecule has 0 rings (SSSR count). The summed E-state index contributed by atoms with van der Waals surface area (Å²) in [5.41, 5.74) is 0. The predicted octanol–water partition coefficient (Wildman–Crippen LogP) is 2.19. The molecule has 0 aliphatic rings. The van der Waals surface area contributed by atoms with Crippen LogP contribution >= 0.6 is 11.9 Å².